The highest BCUT2D eigenvalue weighted by atomic mass is 79.9. The zero-order chi connectivity index (χ0) is 13.8. The van der Waals surface area contributed by atoms with Gasteiger partial charge in [-0.1, -0.05) is 28.1 Å². The molecule has 0 N–H and O–H groups in total. The van der Waals surface area contributed by atoms with Crippen molar-refractivity contribution in [2.75, 3.05) is 0 Å². The van der Waals surface area contributed by atoms with E-state index < -0.39 is 0 Å². The molecule has 0 spiro atoms. The molecule has 0 unspecified atom stereocenters. The predicted octanol–water partition coefficient (Wildman–Crippen LogP) is 4.66. The number of halogens is 1. The van der Waals surface area contributed by atoms with Crippen LogP contribution in [-0.2, 0) is 0 Å². The van der Waals surface area contributed by atoms with Gasteiger partial charge in [-0.2, -0.15) is 0 Å². The van der Waals surface area contributed by atoms with E-state index in [2.05, 4.69) is 15.9 Å². The summed E-state index contributed by atoms with van der Waals surface area (Å²) in [5.41, 5.74) is 0.651. The van der Waals surface area contributed by atoms with Gasteiger partial charge in [-0.25, -0.2) is 0 Å². The second-order valence-electron chi connectivity index (χ2n) is 4.26. The number of ketones is 2. The highest BCUT2D eigenvalue weighted by Gasteiger charge is 2.12. The molecule has 2 aromatic rings. The van der Waals surface area contributed by atoms with Gasteiger partial charge in [0.05, 0.1) is 4.88 Å². The maximum Gasteiger partial charge on any atom is 0.173 e. The van der Waals surface area contributed by atoms with E-state index in [9.17, 15) is 9.59 Å². The lowest BCUT2D eigenvalue weighted by molar-refractivity contribution is 0.0919. The Kier molecular flexibility index (Phi) is 4.66. The van der Waals surface area contributed by atoms with Crippen LogP contribution in [0, 0.1) is 6.92 Å². The van der Waals surface area contributed by atoms with E-state index >= 15 is 0 Å². The van der Waals surface area contributed by atoms with E-state index in [1.54, 1.807) is 12.1 Å². The van der Waals surface area contributed by atoms with Crippen LogP contribution in [0.1, 0.15) is 37.7 Å². The van der Waals surface area contributed by atoms with Crippen LogP contribution in [0.25, 0.3) is 0 Å². The van der Waals surface area contributed by atoms with Crippen LogP contribution in [0.2, 0.25) is 0 Å². The zero-order valence-electron chi connectivity index (χ0n) is 10.5. The minimum absolute atomic E-state index is 0.00845. The Labute approximate surface area is 124 Å². The fourth-order valence-corrected chi connectivity index (χ4v) is 2.81. The van der Waals surface area contributed by atoms with Crippen molar-refractivity contribution < 1.29 is 9.59 Å². The molecule has 0 bridgehead atoms. The molecule has 4 heteroatoms. The molecule has 19 heavy (non-hydrogen) atoms. The first-order valence-corrected chi connectivity index (χ1v) is 7.55. The highest BCUT2D eigenvalue weighted by molar-refractivity contribution is 9.10. The quantitative estimate of drug-likeness (QED) is 0.744. The number of benzene rings is 1. The molecule has 1 aromatic carbocycles. The predicted molar refractivity (Wildman–Crippen MR) is 81.1 cm³/mol. The van der Waals surface area contributed by atoms with Gasteiger partial charge < -0.3 is 0 Å². The largest absolute Gasteiger partial charge is 0.294 e. The van der Waals surface area contributed by atoms with Crippen LogP contribution < -0.4 is 0 Å². The molecule has 0 radical (unpaired) electrons. The van der Waals surface area contributed by atoms with Crippen LogP contribution in [0.4, 0.5) is 0 Å². The Hall–Kier alpha value is -1.26. The zero-order valence-corrected chi connectivity index (χ0v) is 12.9. The third-order valence-electron chi connectivity index (χ3n) is 2.76. The summed E-state index contributed by atoms with van der Waals surface area (Å²) in [5, 5.41) is 0. The van der Waals surface area contributed by atoms with Crippen LogP contribution in [0.3, 0.4) is 0 Å². The molecule has 98 valence electrons. The summed E-state index contributed by atoms with van der Waals surface area (Å²) in [7, 11) is 0. The van der Waals surface area contributed by atoms with Gasteiger partial charge in [0.2, 0.25) is 0 Å². The monoisotopic (exact) mass is 336 g/mol. The van der Waals surface area contributed by atoms with Crippen molar-refractivity contribution >= 4 is 38.8 Å². The van der Waals surface area contributed by atoms with Gasteiger partial charge in [-0.15, -0.1) is 11.3 Å². The number of thiophene rings is 1. The maximum absolute atomic E-state index is 11.9. The average molecular weight is 337 g/mol. The SMILES string of the molecule is Cc1ccc(C(=O)CCC(=O)c2ccc(Br)cc2)s1. The maximum atomic E-state index is 11.9. The first-order valence-electron chi connectivity index (χ1n) is 5.94. The van der Waals surface area contributed by atoms with Gasteiger partial charge in [0.25, 0.3) is 0 Å². The van der Waals surface area contributed by atoms with Gasteiger partial charge in [-0.3, -0.25) is 9.59 Å². The number of hydrogen-bond acceptors (Lipinski definition) is 3. The van der Waals surface area contributed by atoms with Crippen LogP contribution in [0.5, 0.6) is 0 Å². The summed E-state index contributed by atoms with van der Waals surface area (Å²) in [6.07, 6.45) is 0.534. The smallest absolute Gasteiger partial charge is 0.173 e. The van der Waals surface area contributed by atoms with Crippen molar-refractivity contribution in [3.63, 3.8) is 0 Å². The number of hydrogen-bond donors (Lipinski definition) is 0. The molecule has 1 aromatic heterocycles. The molecule has 0 atom stereocenters. The summed E-state index contributed by atoms with van der Waals surface area (Å²) in [6.45, 7) is 1.97. The fourth-order valence-electron chi connectivity index (χ4n) is 1.71. The minimum atomic E-state index is 0.00845. The van der Waals surface area contributed by atoms with E-state index in [1.165, 1.54) is 11.3 Å². The van der Waals surface area contributed by atoms with E-state index in [0.717, 1.165) is 14.2 Å². The van der Waals surface area contributed by atoms with Gasteiger partial charge >= 0.3 is 0 Å². The molecular formula is C15H13BrO2S. The molecule has 0 aliphatic carbocycles. The topological polar surface area (TPSA) is 34.1 Å². The molecule has 1 heterocycles. The van der Waals surface area contributed by atoms with Crippen molar-refractivity contribution in [2.24, 2.45) is 0 Å². The normalized spacial score (nSPS) is 10.4. The van der Waals surface area contributed by atoms with E-state index in [1.807, 2.05) is 31.2 Å². The molecule has 2 nitrogen and oxygen atoms in total. The van der Waals surface area contributed by atoms with Gasteiger partial charge in [0, 0.05) is 27.8 Å². The van der Waals surface area contributed by atoms with Crippen molar-refractivity contribution in [3.05, 3.63) is 56.2 Å². The van der Waals surface area contributed by atoms with Crippen molar-refractivity contribution in [3.8, 4) is 0 Å². The third-order valence-corrected chi connectivity index (χ3v) is 4.33. The Morgan fingerprint density at radius 2 is 1.63 bits per heavy atom. The van der Waals surface area contributed by atoms with Crippen LogP contribution in [0.15, 0.2) is 40.9 Å². The lowest BCUT2D eigenvalue weighted by atomic mass is 10.0. The van der Waals surface area contributed by atoms with Gasteiger partial charge in [0.1, 0.15) is 0 Å². The Balaban J connectivity index is 1.93. The molecule has 0 aliphatic rings. The number of rotatable bonds is 5. The first kappa shape index (κ1) is 14.2. The average Bonchev–Trinajstić information content (AvgIpc) is 2.83. The number of aryl methyl sites for hydroxylation is 1. The minimum Gasteiger partial charge on any atom is -0.294 e. The summed E-state index contributed by atoms with van der Waals surface area (Å²) in [6, 6.07) is 11.0. The molecule has 2 rings (SSSR count). The second-order valence-corrected chi connectivity index (χ2v) is 6.47. The second kappa shape index (κ2) is 6.26. The highest BCUT2D eigenvalue weighted by Crippen LogP contribution is 2.18. The fraction of sp³-hybridized carbons (Fsp3) is 0.200. The molecule has 0 aliphatic heterocycles. The van der Waals surface area contributed by atoms with Crippen molar-refractivity contribution in [1.29, 1.82) is 0 Å². The number of carbonyl (C=O) groups excluding carboxylic acids is 2. The van der Waals surface area contributed by atoms with Gasteiger partial charge in [-0.05, 0) is 31.2 Å². The Morgan fingerprint density at radius 3 is 2.21 bits per heavy atom. The van der Waals surface area contributed by atoms with Crippen LogP contribution in [-0.4, -0.2) is 11.6 Å². The van der Waals surface area contributed by atoms with Crippen molar-refractivity contribution in [1.82, 2.24) is 0 Å². The van der Waals surface area contributed by atoms with E-state index in [4.69, 9.17) is 0 Å². The Bertz CT molecular complexity index is 599. The summed E-state index contributed by atoms with van der Waals surface area (Å²) in [5.74, 6) is 0.0534. The lowest BCUT2D eigenvalue weighted by Crippen LogP contribution is -2.04. The van der Waals surface area contributed by atoms with Gasteiger partial charge in [0.15, 0.2) is 11.6 Å². The summed E-state index contributed by atoms with van der Waals surface area (Å²) in [4.78, 5) is 25.7. The molecule has 0 fully saturated rings. The molecular weight excluding hydrogens is 324 g/mol. The molecule has 0 amide bonds. The summed E-state index contributed by atoms with van der Waals surface area (Å²) < 4.78 is 0.939. The lowest BCUT2D eigenvalue weighted by Gasteiger charge is -2.00. The Morgan fingerprint density at radius 1 is 1.00 bits per heavy atom. The van der Waals surface area contributed by atoms with Crippen molar-refractivity contribution in [2.45, 2.75) is 19.8 Å². The van der Waals surface area contributed by atoms with Crippen LogP contribution >= 0.6 is 27.3 Å². The number of carbonyl (C=O) groups is 2. The van der Waals surface area contributed by atoms with E-state index in [-0.39, 0.29) is 24.4 Å². The third kappa shape index (κ3) is 3.85. The summed E-state index contributed by atoms with van der Waals surface area (Å²) >= 11 is 4.80. The standard InChI is InChI=1S/C15H13BrO2S/c1-10-2-9-15(19-10)14(18)8-7-13(17)11-3-5-12(16)6-4-11/h2-6,9H,7-8H2,1H3. The first-order chi connectivity index (χ1) is 9.06. The molecule has 0 saturated carbocycles. The molecule has 0 saturated heterocycles. The van der Waals surface area contributed by atoms with E-state index in [0.29, 0.717) is 5.56 Å². The number of Topliss-reactive ketones (excluding diaryl/α,β-unsaturated/α-hetero) is 2.